The van der Waals surface area contributed by atoms with Gasteiger partial charge in [0, 0.05) is 32.6 Å². The minimum atomic E-state index is -0.239. The Balaban J connectivity index is 1.83. The van der Waals surface area contributed by atoms with E-state index in [1.165, 1.54) is 0 Å². The summed E-state index contributed by atoms with van der Waals surface area (Å²) in [5.41, 5.74) is 1.10. The Morgan fingerprint density at radius 1 is 1.29 bits per heavy atom. The van der Waals surface area contributed by atoms with Crippen LogP contribution in [-0.4, -0.2) is 41.9 Å². The smallest absolute Gasteiger partial charge is 0.237 e. The molecule has 2 rings (SSSR count). The number of carbonyl (C=O) groups excluding carboxylic acids is 2. The van der Waals surface area contributed by atoms with Crippen molar-refractivity contribution in [3.05, 3.63) is 35.9 Å². The number of nitrogens with zero attached hydrogens (tertiary/aromatic N) is 1. The molecule has 1 heterocycles. The van der Waals surface area contributed by atoms with Gasteiger partial charge in [-0.2, -0.15) is 0 Å². The van der Waals surface area contributed by atoms with Gasteiger partial charge in [-0.15, -0.1) is 0 Å². The molecule has 0 unspecified atom stereocenters. The first kappa shape index (κ1) is 18.5. The molecule has 132 valence electrons. The molecule has 2 amide bonds. The number of amides is 2. The summed E-state index contributed by atoms with van der Waals surface area (Å²) in [7, 11) is 0. The van der Waals surface area contributed by atoms with Crippen molar-refractivity contribution in [3.63, 3.8) is 0 Å². The zero-order valence-electron chi connectivity index (χ0n) is 14.9. The summed E-state index contributed by atoms with van der Waals surface area (Å²) >= 11 is 0. The molecule has 1 fully saturated rings. The van der Waals surface area contributed by atoms with Crippen LogP contribution in [0.15, 0.2) is 30.3 Å². The monoisotopic (exact) mass is 331 g/mol. The van der Waals surface area contributed by atoms with Crippen molar-refractivity contribution < 1.29 is 9.59 Å². The lowest BCUT2D eigenvalue weighted by atomic mass is 9.89. The summed E-state index contributed by atoms with van der Waals surface area (Å²) in [5, 5.41) is 6.45. The minimum Gasteiger partial charge on any atom is -0.351 e. The average Bonchev–Trinajstić information content (AvgIpc) is 2.60. The van der Waals surface area contributed by atoms with E-state index in [9.17, 15) is 9.59 Å². The molecule has 1 aromatic carbocycles. The van der Waals surface area contributed by atoms with Crippen LogP contribution in [-0.2, 0) is 16.1 Å². The number of nitrogens with one attached hydrogen (secondary N) is 2. The second kappa shape index (κ2) is 8.83. The topological polar surface area (TPSA) is 61.4 Å². The first-order valence-electron chi connectivity index (χ1n) is 8.84. The molecule has 0 bridgehead atoms. The van der Waals surface area contributed by atoms with Gasteiger partial charge in [0.25, 0.3) is 0 Å². The largest absolute Gasteiger partial charge is 0.351 e. The van der Waals surface area contributed by atoms with E-state index in [-0.39, 0.29) is 23.9 Å². The van der Waals surface area contributed by atoms with Crippen molar-refractivity contribution in [2.45, 2.75) is 52.2 Å². The van der Waals surface area contributed by atoms with Crippen LogP contribution in [0, 0.1) is 5.92 Å². The quantitative estimate of drug-likeness (QED) is 0.837. The SMILES string of the molecule is CC[C@@H]1CN(C(C)=O)CC[C@@H]1N[C@H](C)C(=O)NCc1ccccc1. The van der Waals surface area contributed by atoms with E-state index in [1.54, 1.807) is 6.92 Å². The highest BCUT2D eigenvalue weighted by molar-refractivity contribution is 5.81. The van der Waals surface area contributed by atoms with Gasteiger partial charge in [0.05, 0.1) is 6.04 Å². The van der Waals surface area contributed by atoms with Gasteiger partial charge < -0.3 is 15.5 Å². The highest BCUT2D eigenvalue weighted by atomic mass is 16.2. The molecule has 5 nitrogen and oxygen atoms in total. The van der Waals surface area contributed by atoms with Crippen LogP contribution in [0.4, 0.5) is 0 Å². The Morgan fingerprint density at radius 3 is 2.62 bits per heavy atom. The lowest BCUT2D eigenvalue weighted by Crippen LogP contribution is -2.55. The third-order valence-electron chi connectivity index (χ3n) is 4.87. The number of likely N-dealkylation sites (tertiary alicyclic amines) is 1. The number of benzene rings is 1. The first-order chi connectivity index (χ1) is 11.5. The molecule has 3 atom stereocenters. The summed E-state index contributed by atoms with van der Waals surface area (Å²) in [6.07, 6.45) is 1.90. The van der Waals surface area contributed by atoms with E-state index in [0.717, 1.165) is 31.5 Å². The van der Waals surface area contributed by atoms with Crippen LogP contribution >= 0.6 is 0 Å². The summed E-state index contributed by atoms with van der Waals surface area (Å²) in [5.74, 6) is 0.551. The third kappa shape index (κ3) is 5.06. The Labute approximate surface area is 144 Å². The van der Waals surface area contributed by atoms with Gasteiger partial charge in [-0.05, 0) is 24.8 Å². The van der Waals surface area contributed by atoms with E-state index in [4.69, 9.17) is 0 Å². The fraction of sp³-hybridized carbons (Fsp3) is 0.579. The maximum Gasteiger partial charge on any atom is 0.237 e. The second-order valence-electron chi connectivity index (χ2n) is 6.62. The van der Waals surface area contributed by atoms with E-state index in [0.29, 0.717) is 12.5 Å². The van der Waals surface area contributed by atoms with E-state index < -0.39 is 0 Å². The van der Waals surface area contributed by atoms with Gasteiger partial charge in [-0.1, -0.05) is 43.7 Å². The number of hydrogen-bond donors (Lipinski definition) is 2. The van der Waals surface area contributed by atoms with Gasteiger partial charge in [-0.3, -0.25) is 9.59 Å². The molecule has 0 aliphatic carbocycles. The maximum absolute atomic E-state index is 12.3. The minimum absolute atomic E-state index is 0.0164. The van der Waals surface area contributed by atoms with Crippen molar-refractivity contribution >= 4 is 11.8 Å². The third-order valence-corrected chi connectivity index (χ3v) is 4.87. The van der Waals surface area contributed by atoms with Crippen molar-refractivity contribution in [1.29, 1.82) is 0 Å². The number of piperidine rings is 1. The molecule has 24 heavy (non-hydrogen) atoms. The Morgan fingerprint density at radius 2 is 2.00 bits per heavy atom. The zero-order valence-corrected chi connectivity index (χ0v) is 14.9. The zero-order chi connectivity index (χ0) is 17.5. The summed E-state index contributed by atoms with van der Waals surface area (Å²) in [4.78, 5) is 25.8. The van der Waals surface area contributed by atoms with Gasteiger partial charge in [0.1, 0.15) is 0 Å². The van der Waals surface area contributed by atoms with Gasteiger partial charge >= 0.3 is 0 Å². The fourth-order valence-corrected chi connectivity index (χ4v) is 3.29. The van der Waals surface area contributed by atoms with Crippen molar-refractivity contribution in [2.75, 3.05) is 13.1 Å². The number of rotatable bonds is 6. The normalized spacial score (nSPS) is 22.0. The van der Waals surface area contributed by atoms with Crippen LogP contribution in [0.3, 0.4) is 0 Å². The summed E-state index contributed by atoms with van der Waals surface area (Å²) in [6.45, 7) is 7.77. The predicted molar refractivity (Wildman–Crippen MR) is 95.3 cm³/mol. The Hall–Kier alpha value is -1.88. The average molecular weight is 331 g/mol. The molecular formula is C19H29N3O2. The van der Waals surface area contributed by atoms with Crippen LogP contribution in [0.1, 0.15) is 39.2 Å². The Kier molecular flexibility index (Phi) is 6.79. The molecule has 1 aliphatic rings. The standard InChI is InChI=1S/C19H29N3O2/c1-4-17-13-22(15(3)23)11-10-18(17)21-14(2)19(24)20-12-16-8-6-5-7-9-16/h5-9,14,17-18,21H,4,10-13H2,1-3H3,(H,20,24)/t14-,17-,18+/m1/s1. The molecule has 0 saturated carbocycles. The van der Waals surface area contributed by atoms with Crippen LogP contribution < -0.4 is 10.6 Å². The molecule has 2 N–H and O–H groups in total. The predicted octanol–water partition coefficient (Wildman–Crippen LogP) is 1.93. The molecule has 0 radical (unpaired) electrons. The fourth-order valence-electron chi connectivity index (χ4n) is 3.29. The van der Waals surface area contributed by atoms with Crippen LogP contribution in [0.2, 0.25) is 0 Å². The maximum atomic E-state index is 12.3. The molecule has 1 saturated heterocycles. The van der Waals surface area contributed by atoms with Crippen molar-refractivity contribution in [3.8, 4) is 0 Å². The lowest BCUT2D eigenvalue weighted by Gasteiger charge is -2.39. The van der Waals surface area contributed by atoms with Crippen molar-refractivity contribution in [2.24, 2.45) is 5.92 Å². The summed E-state index contributed by atoms with van der Waals surface area (Å²) in [6, 6.07) is 9.95. The first-order valence-corrected chi connectivity index (χ1v) is 8.84. The van der Waals surface area contributed by atoms with E-state index >= 15 is 0 Å². The Bertz CT molecular complexity index is 547. The van der Waals surface area contributed by atoms with Crippen LogP contribution in [0.5, 0.6) is 0 Å². The lowest BCUT2D eigenvalue weighted by molar-refractivity contribution is -0.131. The molecule has 0 spiro atoms. The van der Waals surface area contributed by atoms with Gasteiger partial charge in [-0.25, -0.2) is 0 Å². The van der Waals surface area contributed by atoms with E-state index in [1.807, 2.05) is 42.2 Å². The number of hydrogen-bond acceptors (Lipinski definition) is 3. The van der Waals surface area contributed by atoms with Gasteiger partial charge in [0.15, 0.2) is 0 Å². The van der Waals surface area contributed by atoms with Crippen LogP contribution in [0.25, 0.3) is 0 Å². The summed E-state index contributed by atoms with van der Waals surface area (Å²) < 4.78 is 0. The molecular weight excluding hydrogens is 302 g/mol. The molecule has 1 aromatic rings. The van der Waals surface area contributed by atoms with Gasteiger partial charge in [0.2, 0.25) is 11.8 Å². The van der Waals surface area contributed by atoms with Crippen molar-refractivity contribution in [1.82, 2.24) is 15.5 Å². The molecule has 1 aliphatic heterocycles. The molecule has 5 heteroatoms. The van der Waals surface area contributed by atoms with E-state index in [2.05, 4.69) is 17.6 Å². The molecule has 0 aromatic heterocycles. The highest BCUT2D eigenvalue weighted by Crippen LogP contribution is 2.20. The highest BCUT2D eigenvalue weighted by Gasteiger charge is 2.30. The number of carbonyl (C=O) groups is 2. The second-order valence-corrected chi connectivity index (χ2v) is 6.62.